The van der Waals surface area contributed by atoms with Crippen LogP contribution in [0.1, 0.15) is 12.0 Å². The molecule has 1 atom stereocenters. The third kappa shape index (κ3) is 3.72. The molecule has 5 nitrogen and oxygen atoms in total. The van der Waals surface area contributed by atoms with E-state index in [0.717, 1.165) is 18.1 Å². The lowest BCUT2D eigenvalue weighted by atomic mass is 10.2. The van der Waals surface area contributed by atoms with Crippen molar-refractivity contribution in [3.05, 3.63) is 29.8 Å². The van der Waals surface area contributed by atoms with E-state index >= 15 is 0 Å². The van der Waals surface area contributed by atoms with E-state index in [9.17, 15) is 4.79 Å². The molecule has 5 heteroatoms. The minimum atomic E-state index is -0.984. The van der Waals surface area contributed by atoms with Gasteiger partial charge in [-0.25, -0.2) is 4.79 Å². The second kappa shape index (κ2) is 6.24. The number of aliphatic carboxylic acids is 1. The maximum absolute atomic E-state index is 10.5. The Bertz CT molecular complexity index is 475. The zero-order chi connectivity index (χ0) is 13.7. The summed E-state index contributed by atoms with van der Waals surface area (Å²) in [5, 5.41) is 8.62. The molecule has 1 saturated heterocycles. The summed E-state index contributed by atoms with van der Waals surface area (Å²) in [5.41, 5.74) is 0.747. The Morgan fingerprint density at radius 1 is 1.47 bits per heavy atom. The fraction of sp³-hybridized carbons (Fsp3) is 0.357. The van der Waals surface area contributed by atoms with Gasteiger partial charge in [-0.3, -0.25) is 0 Å². The van der Waals surface area contributed by atoms with Crippen LogP contribution in [0.4, 0.5) is 0 Å². The molecule has 1 aromatic rings. The van der Waals surface area contributed by atoms with Gasteiger partial charge in [0, 0.05) is 12.5 Å². The summed E-state index contributed by atoms with van der Waals surface area (Å²) in [6.45, 7) is 1.27. The van der Waals surface area contributed by atoms with E-state index in [2.05, 4.69) is 0 Å². The first-order valence-electron chi connectivity index (χ1n) is 6.02. The summed E-state index contributed by atoms with van der Waals surface area (Å²) in [7, 11) is 1.57. The van der Waals surface area contributed by atoms with Crippen molar-refractivity contribution >= 4 is 12.0 Å². The standard InChI is InChI=1S/C14H16O5/c1-17-12-4-2-10(3-5-14(15)16)8-13(12)19-11-6-7-18-9-11/h2-5,8,11H,6-7,9H2,1H3,(H,15,16)/b5-3+/t11-/m0/s1. The molecule has 2 rings (SSSR count). The molecule has 0 unspecified atom stereocenters. The Hall–Kier alpha value is -2.01. The number of benzene rings is 1. The third-order valence-electron chi connectivity index (χ3n) is 2.79. The van der Waals surface area contributed by atoms with Crippen LogP contribution in [0.15, 0.2) is 24.3 Å². The van der Waals surface area contributed by atoms with Crippen LogP contribution in [0, 0.1) is 0 Å². The van der Waals surface area contributed by atoms with Crippen LogP contribution >= 0.6 is 0 Å². The van der Waals surface area contributed by atoms with E-state index in [1.54, 1.807) is 25.3 Å². The molecule has 0 amide bonds. The predicted molar refractivity (Wildman–Crippen MR) is 69.5 cm³/mol. The zero-order valence-corrected chi connectivity index (χ0v) is 10.7. The van der Waals surface area contributed by atoms with Crippen molar-refractivity contribution < 1.29 is 24.1 Å². The second-order valence-corrected chi connectivity index (χ2v) is 4.19. The van der Waals surface area contributed by atoms with Crippen molar-refractivity contribution in [3.63, 3.8) is 0 Å². The van der Waals surface area contributed by atoms with Crippen molar-refractivity contribution in [1.82, 2.24) is 0 Å². The number of carboxylic acids is 1. The molecular weight excluding hydrogens is 248 g/mol. The largest absolute Gasteiger partial charge is 0.493 e. The SMILES string of the molecule is COc1ccc(/C=C/C(=O)O)cc1O[C@H]1CCOC1. The van der Waals surface area contributed by atoms with Crippen molar-refractivity contribution in [2.24, 2.45) is 0 Å². The predicted octanol–water partition coefficient (Wildman–Crippen LogP) is 1.96. The molecule has 19 heavy (non-hydrogen) atoms. The highest BCUT2D eigenvalue weighted by Gasteiger charge is 2.19. The van der Waals surface area contributed by atoms with Gasteiger partial charge in [0.25, 0.3) is 0 Å². The lowest BCUT2D eigenvalue weighted by Crippen LogP contribution is -2.16. The Labute approximate surface area is 111 Å². The molecule has 1 aromatic carbocycles. The maximum atomic E-state index is 10.5. The van der Waals surface area contributed by atoms with Gasteiger partial charge in [-0.2, -0.15) is 0 Å². The number of hydrogen-bond donors (Lipinski definition) is 1. The Balaban J connectivity index is 2.17. The van der Waals surface area contributed by atoms with Gasteiger partial charge in [-0.05, 0) is 23.8 Å². The van der Waals surface area contributed by atoms with Crippen molar-refractivity contribution in [2.45, 2.75) is 12.5 Å². The van der Waals surface area contributed by atoms with E-state index in [4.69, 9.17) is 19.3 Å². The minimum Gasteiger partial charge on any atom is -0.493 e. The minimum absolute atomic E-state index is 0.0209. The first kappa shape index (κ1) is 13.4. The van der Waals surface area contributed by atoms with E-state index in [-0.39, 0.29) is 6.10 Å². The Morgan fingerprint density at radius 3 is 2.95 bits per heavy atom. The third-order valence-corrected chi connectivity index (χ3v) is 2.79. The summed E-state index contributed by atoms with van der Waals surface area (Å²) in [6, 6.07) is 5.29. The Kier molecular flexibility index (Phi) is 4.41. The molecule has 1 fully saturated rings. The lowest BCUT2D eigenvalue weighted by molar-refractivity contribution is -0.131. The number of ether oxygens (including phenoxy) is 3. The van der Waals surface area contributed by atoms with Gasteiger partial charge in [0.15, 0.2) is 11.5 Å². The van der Waals surface area contributed by atoms with Crippen LogP contribution in [-0.4, -0.2) is 37.5 Å². The first-order chi connectivity index (χ1) is 9.19. The van der Waals surface area contributed by atoms with Crippen molar-refractivity contribution in [1.29, 1.82) is 0 Å². The highest BCUT2D eigenvalue weighted by Crippen LogP contribution is 2.30. The summed E-state index contributed by atoms with van der Waals surface area (Å²) in [5.74, 6) is 0.243. The van der Waals surface area contributed by atoms with Gasteiger partial charge in [0.1, 0.15) is 6.10 Å². The fourth-order valence-electron chi connectivity index (χ4n) is 1.84. The number of methoxy groups -OCH3 is 1. The lowest BCUT2D eigenvalue weighted by Gasteiger charge is -2.15. The monoisotopic (exact) mass is 264 g/mol. The summed E-state index contributed by atoms with van der Waals surface area (Å²) >= 11 is 0. The summed E-state index contributed by atoms with van der Waals surface area (Å²) in [4.78, 5) is 10.5. The van der Waals surface area contributed by atoms with E-state index in [1.807, 2.05) is 0 Å². The normalized spacial score (nSPS) is 18.7. The number of carbonyl (C=O) groups is 1. The van der Waals surface area contributed by atoms with Crippen LogP contribution in [0.5, 0.6) is 11.5 Å². The van der Waals surface area contributed by atoms with E-state index < -0.39 is 5.97 Å². The van der Waals surface area contributed by atoms with Gasteiger partial charge >= 0.3 is 5.97 Å². The van der Waals surface area contributed by atoms with Gasteiger partial charge in [0.2, 0.25) is 0 Å². The van der Waals surface area contributed by atoms with Gasteiger partial charge < -0.3 is 19.3 Å². The van der Waals surface area contributed by atoms with Crippen molar-refractivity contribution in [3.8, 4) is 11.5 Å². The number of carboxylic acid groups (broad SMARTS) is 1. The molecule has 1 N–H and O–H groups in total. The molecule has 0 aromatic heterocycles. The average Bonchev–Trinajstić information content (AvgIpc) is 2.89. The second-order valence-electron chi connectivity index (χ2n) is 4.19. The smallest absolute Gasteiger partial charge is 0.328 e. The average molecular weight is 264 g/mol. The molecule has 1 heterocycles. The highest BCUT2D eigenvalue weighted by molar-refractivity contribution is 5.85. The summed E-state index contributed by atoms with van der Waals surface area (Å²) < 4.78 is 16.3. The van der Waals surface area contributed by atoms with Gasteiger partial charge in [0.05, 0.1) is 20.3 Å². The zero-order valence-electron chi connectivity index (χ0n) is 10.7. The molecule has 0 aliphatic carbocycles. The molecule has 0 spiro atoms. The topological polar surface area (TPSA) is 65.0 Å². The molecule has 0 bridgehead atoms. The van der Waals surface area contributed by atoms with E-state index in [0.29, 0.717) is 24.7 Å². The summed E-state index contributed by atoms with van der Waals surface area (Å²) in [6.07, 6.45) is 3.47. The molecule has 0 radical (unpaired) electrons. The Morgan fingerprint density at radius 2 is 2.32 bits per heavy atom. The van der Waals surface area contributed by atoms with E-state index in [1.165, 1.54) is 6.08 Å². The van der Waals surface area contributed by atoms with Crippen LogP contribution in [0.2, 0.25) is 0 Å². The van der Waals surface area contributed by atoms with Gasteiger partial charge in [-0.15, -0.1) is 0 Å². The van der Waals surface area contributed by atoms with Crippen LogP contribution in [0.25, 0.3) is 6.08 Å². The molecule has 1 aliphatic heterocycles. The highest BCUT2D eigenvalue weighted by atomic mass is 16.6. The molecule has 102 valence electrons. The maximum Gasteiger partial charge on any atom is 0.328 e. The molecule has 0 saturated carbocycles. The number of hydrogen-bond acceptors (Lipinski definition) is 4. The first-order valence-corrected chi connectivity index (χ1v) is 6.02. The number of rotatable bonds is 5. The molecule has 1 aliphatic rings. The molecular formula is C14H16O5. The van der Waals surface area contributed by atoms with Crippen LogP contribution < -0.4 is 9.47 Å². The fourth-order valence-corrected chi connectivity index (χ4v) is 1.84. The van der Waals surface area contributed by atoms with Crippen LogP contribution in [-0.2, 0) is 9.53 Å². The van der Waals surface area contributed by atoms with Crippen molar-refractivity contribution in [2.75, 3.05) is 20.3 Å². The van der Waals surface area contributed by atoms with Crippen LogP contribution in [0.3, 0.4) is 0 Å². The van der Waals surface area contributed by atoms with Gasteiger partial charge in [-0.1, -0.05) is 6.07 Å². The quantitative estimate of drug-likeness (QED) is 0.823.